The van der Waals surface area contributed by atoms with Crippen LogP contribution >= 0.6 is 11.8 Å². The molecule has 1 amide bonds. The summed E-state index contributed by atoms with van der Waals surface area (Å²) in [5.41, 5.74) is 3.09. The molecular weight excluding hydrogens is 334 g/mol. The minimum Gasteiger partial charge on any atom is -0.465 e. The zero-order valence-corrected chi connectivity index (χ0v) is 15.1. The highest BCUT2D eigenvalue weighted by Crippen LogP contribution is 2.18. The van der Waals surface area contributed by atoms with Crippen molar-refractivity contribution in [1.29, 1.82) is 0 Å². The molecule has 25 heavy (non-hydrogen) atoms. The summed E-state index contributed by atoms with van der Waals surface area (Å²) in [7, 11) is 1.33. The number of anilines is 1. The molecule has 0 aliphatic carbocycles. The Morgan fingerprint density at radius 2 is 1.92 bits per heavy atom. The van der Waals surface area contributed by atoms with E-state index in [1.54, 1.807) is 18.2 Å². The number of rotatable bonds is 7. The van der Waals surface area contributed by atoms with Crippen LogP contribution in [0.1, 0.15) is 21.5 Å². The van der Waals surface area contributed by atoms with Gasteiger partial charge in [0.1, 0.15) is 0 Å². The number of carbonyl (C=O) groups is 2. The Morgan fingerprint density at radius 3 is 2.64 bits per heavy atom. The van der Waals surface area contributed by atoms with Crippen molar-refractivity contribution in [3.8, 4) is 0 Å². The van der Waals surface area contributed by atoms with Crippen LogP contribution in [0.5, 0.6) is 0 Å². The van der Waals surface area contributed by atoms with Crippen LogP contribution in [0.3, 0.4) is 0 Å². The Hall–Kier alpha value is -2.53. The van der Waals surface area contributed by atoms with Gasteiger partial charge in [0.05, 0.1) is 18.4 Å². The molecule has 0 heterocycles. The van der Waals surface area contributed by atoms with Crippen molar-refractivity contribution in [1.82, 2.24) is 0 Å². The molecule has 4 nitrogen and oxygen atoms in total. The molecule has 0 radical (unpaired) electrons. The number of esters is 1. The van der Waals surface area contributed by atoms with E-state index < -0.39 is 5.97 Å². The topological polar surface area (TPSA) is 55.4 Å². The largest absolute Gasteiger partial charge is 0.465 e. The maximum atomic E-state index is 12.1. The SMILES string of the molecule is COC(=O)c1ccc(C)c(NC(=O)CSC/C=C/c2ccccc2)c1. The second-order valence-corrected chi connectivity index (χ2v) is 6.43. The lowest BCUT2D eigenvalue weighted by atomic mass is 10.1. The number of ether oxygens (including phenoxy) is 1. The van der Waals surface area contributed by atoms with Gasteiger partial charge in [-0.25, -0.2) is 4.79 Å². The van der Waals surface area contributed by atoms with E-state index in [1.165, 1.54) is 18.9 Å². The summed E-state index contributed by atoms with van der Waals surface area (Å²) < 4.78 is 4.70. The highest BCUT2D eigenvalue weighted by molar-refractivity contribution is 8.00. The summed E-state index contributed by atoms with van der Waals surface area (Å²) in [5.74, 6) is 0.587. The second kappa shape index (κ2) is 9.69. The van der Waals surface area contributed by atoms with Gasteiger partial charge in [-0.15, -0.1) is 11.8 Å². The van der Waals surface area contributed by atoms with Crippen molar-refractivity contribution in [3.05, 3.63) is 71.3 Å². The molecule has 0 aromatic heterocycles. The second-order valence-electron chi connectivity index (χ2n) is 5.40. The Kier molecular flexibility index (Phi) is 7.29. The predicted molar refractivity (Wildman–Crippen MR) is 104 cm³/mol. The Labute approximate surface area is 152 Å². The fourth-order valence-electron chi connectivity index (χ4n) is 2.16. The molecule has 2 rings (SSSR count). The number of hydrogen-bond acceptors (Lipinski definition) is 4. The van der Waals surface area contributed by atoms with Gasteiger partial charge in [-0.3, -0.25) is 4.79 Å². The van der Waals surface area contributed by atoms with Crippen LogP contribution in [0.4, 0.5) is 5.69 Å². The van der Waals surface area contributed by atoms with Crippen LogP contribution in [-0.2, 0) is 9.53 Å². The molecule has 0 spiro atoms. The monoisotopic (exact) mass is 355 g/mol. The summed E-state index contributed by atoms with van der Waals surface area (Å²) in [6, 6.07) is 15.1. The highest BCUT2D eigenvalue weighted by atomic mass is 32.2. The van der Waals surface area contributed by atoms with Crippen LogP contribution in [-0.4, -0.2) is 30.5 Å². The van der Waals surface area contributed by atoms with Crippen molar-refractivity contribution in [2.45, 2.75) is 6.92 Å². The molecule has 0 aliphatic rings. The summed E-state index contributed by atoms with van der Waals surface area (Å²) in [6.45, 7) is 1.88. The highest BCUT2D eigenvalue weighted by Gasteiger charge is 2.10. The van der Waals surface area contributed by atoms with E-state index in [0.29, 0.717) is 17.0 Å². The number of methoxy groups -OCH3 is 1. The van der Waals surface area contributed by atoms with Crippen LogP contribution in [0.15, 0.2) is 54.6 Å². The molecule has 130 valence electrons. The van der Waals surface area contributed by atoms with Crippen molar-refractivity contribution in [2.24, 2.45) is 0 Å². The Bertz CT molecular complexity index is 757. The molecule has 0 atom stereocenters. The number of aryl methyl sites for hydroxylation is 1. The lowest BCUT2D eigenvalue weighted by molar-refractivity contribution is -0.113. The molecule has 0 unspecified atom stereocenters. The minimum absolute atomic E-state index is 0.0942. The molecule has 5 heteroatoms. The Morgan fingerprint density at radius 1 is 1.16 bits per heavy atom. The van der Waals surface area contributed by atoms with Gasteiger partial charge < -0.3 is 10.1 Å². The first-order valence-electron chi connectivity index (χ1n) is 7.88. The average molecular weight is 355 g/mol. The van der Waals surface area contributed by atoms with Crippen LogP contribution in [0, 0.1) is 6.92 Å². The smallest absolute Gasteiger partial charge is 0.337 e. The molecule has 2 aromatic carbocycles. The van der Waals surface area contributed by atoms with Gasteiger partial charge in [0.25, 0.3) is 0 Å². The lowest BCUT2D eigenvalue weighted by Gasteiger charge is -2.09. The minimum atomic E-state index is -0.420. The van der Waals surface area contributed by atoms with Crippen LogP contribution < -0.4 is 5.32 Å². The number of hydrogen-bond donors (Lipinski definition) is 1. The molecular formula is C20H21NO3S. The quantitative estimate of drug-likeness (QED) is 0.598. The number of benzene rings is 2. The molecule has 1 N–H and O–H groups in total. The van der Waals surface area contributed by atoms with Gasteiger partial charge >= 0.3 is 5.97 Å². The van der Waals surface area contributed by atoms with Gasteiger partial charge in [0.15, 0.2) is 0 Å². The third-order valence-corrected chi connectivity index (χ3v) is 4.38. The summed E-state index contributed by atoms with van der Waals surface area (Å²) >= 11 is 1.53. The fourth-order valence-corrected chi connectivity index (χ4v) is 2.76. The first-order valence-corrected chi connectivity index (χ1v) is 9.04. The number of carbonyl (C=O) groups excluding carboxylic acids is 2. The lowest BCUT2D eigenvalue weighted by Crippen LogP contribution is -2.15. The first-order chi connectivity index (χ1) is 12.1. The average Bonchev–Trinajstić information content (AvgIpc) is 2.63. The van der Waals surface area contributed by atoms with Gasteiger partial charge in [0, 0.05) is 11.4 Å². The summed E-state index contributed by atoms with van der Waals surface area (Å²) in [5, 5.41) is 2.85. The number of nitrogens with one attached hydrogen (secondary N) is 1. The standard InChI is InChI=1S/C20H21NO3S/c1-15-10-11-17(20(23)24-2)13-18(15)21-19(22)14-25-12-6-9-16-7-4-3-5-8-16/h3-11,13H,12,14H2,1-2H3,(H,21,22)/b9-6+. The third-order valence-electron chi connectivity index (χ3n) is 3.49. The van der Waals surface area contributed by atoms with Gasteiger partial charge in [-0.2, -0.15) is 0 Å². The van der Waals surface area contributed by atoms with Gasteiger partial charge in [-0.1, -0.05) is 48.6 Å². The maximum absolute atomic E-state index is 12.1. The molecule has 0 aliphatic heterocycles. The van der Waals surface area contributed by atoms with Gasteiger partial charge in [-0.05, 0) is 30.2 Å². The van der Waals surface area contributed by atoms with Crippen LogP contribution in [0.25, 0.3) is 6.08 Å². The summed E-state index contributed by atoms with van der Waals surface area (Å²) in [6.07, 6.45) is 4.07. The van der Waals surface area contributed by atoms with E-state index in [2.05, 4.69) is 5.32 Å². The predicted octanol–water partition coefficient (Wildman–Crippen LogP) is 4.17. The van der Waals surface area contributed by atoms with E-state index in [-0.39, 0.29) is 5.91 Å². The van der Waals surface area contributed by atoms with Crippen molar-refractivity contribution >= 4 is 35.4 Å². The van der Waals surface area contributed by atoms with E-state index in [1.807, 2.05) is 49.4 Å². The first kappa shape index (κ1) is 18.8. The fraction of sp³-hybridized carbons (Fsp3) is 0.200. The zero-order chi connectivity index (χ0) is 18.1. The van der Waals surface area contributed by atoms with Gasteiger partial charge in [0.2, 0.25) is 5.91 Å². The normalized spacial score (nSPS) is 10.6. The van der Waals surface area contributed by atoms with E-state index in [4.69, 9.17) is 4.74 Å². The number of thioether (sulfide) groups is 1. The van der Waals surface area contributed by atoms with E-state index in [9.17, 15) is 9.59 Å². The van der Waals surface area contributed by atoms with E-state index in [0.717, 1.165) is 16.9 Å². The van der Waals surface area contributed by atoms with Crippen molar-refractivity contribution in [2.75, 3.05) is 23.9 Å². The molecule has 0 fully saturated rings. The summed E-state index contributed by atoms with van der Waals surface area (Å²) in [4.78, 5) is 23.7. The number of amides is 1. The molecule has 0 saturated heterocycles. The van der Waals surface area contributed by atoms with Crippen molar-refractivity contribution in [3.63, 3.8) is 0 Å². The van der Waals surface area contributed by atoms with E-state index >= 15 is 0 Å². The molecule has 0 bridgehead atoms. The third kappa shape index (κ3) is 6.12. The molecule has 0 saturated carbocycles. The zero-order valence-electron chi connectivity index (χ0n) is 14.3. The maximum Gasteiger partial charge on any atom is 0.337 e. The van der Waals surface area contributed by atoms with Crippen LogP contribution in [0.2, 0.25) is 0 Å². The van der Waals surface area contributed by atoms with Crippen molar-refractivity contribution < 1.29 is 14.3 Å². The Balaban J connectivity index is 1.82. The molecule has 2 aromatic rings.